The lowest BCUT2D eigenvalue weighted by atomic mass is 9.98. The molecule has 0 spiro atoms. The molecule has 3 rings (SSSR count). The number of benzene rings is 1. The Morgan fingerprint density at radius 2 is 2.30 bits per heavy atom. The summed E-state index contributed by atoms with van der Waals surface area (Å²) in [7, 11) is 0. The minimum Gasteiger partial charge on any atom is -0.338 e. The number of rotatable bonds is 3. The third-order valence-corrected chi connectivity index (χ3v) is 3.40. The maximum absolute atomic E-state index is 12.2. The molecule has 0 N–H and O–H groups in total. The first-order valence-electron chi connectivity index (χ1n) is 6.40. The van der Waals surface area contributed by atoms with E-state index < -0.39 is 0 Å². The number of nitrogens with zero attached hydrogens (tertiary/aromatic N) is 5. The van der Waals surface area contributed by atoms with E-state index in [2.05, 4.69) is 10.3 Å². The monoisotopic (exact) mass is 267 g/mol. The third kappa shape index (κ3) is 2.38. The fraction of sp³-hybridized carbons (Fsp3) is 0.286. The quantitative estimate of drug-likeness (QED) is 0.828. The van der Waals surface area contributed by atoms with E-state index in [1.54, 1.807) is 40.0 Å². The summed E-state index contributed by atoms with van der Waals surface area (Å²) in [6, 6.07) is 8.85. The molecule has 0 radical (unpaired) electrons. The van der Waals surface area contributed by atoms with Crippen LogP contribution in [0.4, 0.5) is 0 Å². The SMILES string of the molecule is N#Cc1cccc(C(=O)N2CC(Cn3ccnn3)C2)c1. The zero-order valence-corrected chi connectivity index (χ0v) is 10.8. The van der Waals surface area contributed by atoms with Gasteiger partial charge in [-0.25, -0.2) is 0 Å². The van der Waals surface area contributed by atoms with Gasteiger partial charge in [0.2, 0.25) is 0 Å². The van der Waals surface area contributed by atoms with Crippen molar-refractivity contribution in [2.45, 2.75) is 6.54 Å². The van der Waals surface area contributed by atoms with Gasteiger partial charge < -0.3 is 4.90 Å². The van der Waals surface area contributed by atoms with Crippen molar-refractivity contribution in [1.29, 1.82) is 5.26 Å². The van der Waals surface area contributed by atoms with Crippen molar-refractivity contribution in [3.8, 4) is 6.07 Å². The number of amides is 1. The number of hydrogen-bond acceptors (Lipinski definition) is 4. The maximum atomic E-state index is 12.2. The smallest absolute Gasteiger partial charge is 0.253 e. The van der Waals surface area contributed by atoms with E-state index in [1.165, 1.54) is 0 Å². The normalized spacial score (nSPS) is 14.7. The Bertz CT molecular complexity index is 652. The van der Waals surface area contributed by atoms with Crippen LogP contribution in [-0.2, 0) is 6.54 Å². The molecule has 100 valence electrons. The Kier molecular flexibility index (Phi) is 3.17. The van der Waals surface area contributed by atoms with Crippen LogP contribution in [0.3, 0.4) is 0 Å². The molecule has 1 aromatic carbocycles. The van der Waals surface area contributed by atoms with E-state index in [0.29, 0.717) is 17.0 Å². The first-order valence-corrected chi connectivity index (χ1v) is 6.40. The van der Waals surface area contributed by atoms with E-state index >= 15 is 0 Å². The Hall–Kier alpha value is -2.68. The summed E-state index contributed by atoms with van der Waals surface area (Å²) < 4.78 is 1.78. The first-order chi connectivity index (χ1) is 9.76. The second kappa shape index (κ2) is 5.13. The average Bonchev–Trinajstić information content (AvgIpc) is 2.95. The molecule has 2 heterocycles. The van der Waals surface area contributed by atoms with Crippen molar-refractivity contribution in [2.24, 2.45) is 5.92 Å². The van der Waals surface area contributed by atoms with Crippen LogP contribution >= 0.6 is 0 Å². The van der Waals surface area contributed by atoms with Crippen LogP contribution in [-0.4, -0.2) is 38.9 Å². The van der Waals surface area contributed by atoms with Gasteiger partial charge in [0.05, 0.1) is 17.8 Å². The molecule has 2 aromatic rings. The molecule has 6 heteroatoms. The van der Waals surface area contributed by atoms with Gasteiger partial charge >= 0.3 is 0 Å². The molecule has 0 bridgehead atoms. The second-order valence-corrected chi connectivity index (χ2v) is 4.89. The lowest BCUT2D eigenvalue weighted by Crippen LogP contribution is -2.51. The van der Waals surface area contributed by atoms with Gasteiger partial charge in [-0.1, -0.05) is 11.3 Å². The van der Waals surface area contributed by atoms with Crippen LogP contribution in [0.1, 0.15) is 15.9 Å². The lowest BCUT2D eigenvalue weighted by Gasteiger charge is -2.39. The van der Waals surface area contributed by atoms with Crippen LogP contribution in [0.15, 0.2) is 36.7 Å². The van der Waals surface area contributed by atoms with Gasteiger partial charge in [-0.05, 0) is 18.2 Å². The Morgan fingerprint density at radius 1 is 1.45 bits per heavy atom. The van der Waals surface area contributed by atoms with E-state index in [9.17, 15) is 4.79 Å². The van der Waals surface area contributed by atoms with Crippen LogP contribution in [0.2, 0.25) is 0 Å². The number of carbonyl (C=O) groups excluding carboxylic acids is 1. The fourth-order valence-corrected chi connectivity index (χ4v) is 2.35. The fourth-order valence-electron chi connectivity index (χ4n) is 2.35. The zero-order valence-electron chi connectivity index (χ0n) is 10.8. The van der Waals surface area contributed by atoms with Crippen molar-refractivity contribution < 1.29 is 4.79 Å². The highest BCUT2D eigenvalue weighted by atomic mass is 16.2. The molecule has 1 aromatic heterocycles. The van der Waals surface area contributed by atoms with Gasteiger partial charge in [0.1, 0.15) is 0 Å². The van der Waals surface area contributed by atoms with E-state index in [4.69, 9.17) is 5.26 Å². The molecule has 0 aliphatic carbocycles. The van der Waals surface area contributed by atoms with Crippen molar-refractivity contribution >= 4 is 5.91 Å². The van der Waals surface area contributed by atoms with Crippen molar-refractivity contribution in [1.82, 2.24) is 19.9 Å². The van der Waals surface area contributed by atoms with E-state index in [1.807, 2.05) is 12.3 Å². The molecule has 1 amide bonds. The standard InChI is InChI=1S/C14H13N5O/c15-7-11-2-1-3-13(6-11)14(20)18-8-12(9-18)10-19-5-4-16-17-19/h1-6,12H,8-10H2. The average molecular weight is 267 g/mol. The molecule has 1 aliphatic heterocycles. The zero-order chi connectivity index (χ0) is 13.9. The number of carbonyl (C=O) groups is 1. The molecule has 1 aliphatic rings. The topological polar surface area (TPSA) is 74.8 Å². The predicted molar refractivity (Wildman–Crippen MR) is 70.6 cm³/mol. The number of aromatic nitrogens is 3. The number of nitriles is 1. The summed E-state index contributed by atoms with van der Waals surface area (Å²) in [4.78, 5) is 14.0. The predicted octanol–water partition coefficient (Wildman–Crippen LogP) is 0.922. The lowest BCUT2D eigenvalue weighted by molar-refractivity contribution is 0.0460. The van der Waals surface area contributed by atoms with Gasteiger partial charge in [0.15, 0.2) is 0 Å². The highest BCUT2D eigenvalue weighted by Crippen LogP contribution is 2.20. The molecule has 6 nitrogen and oxygen atoms in total. The third-order valence-electron chi connectivity index (χ3n) is 3.40. The highest BCUT2D eigenvalue weighted by Gasteiger charge is 2.31. The van der Waals surface area contributed by atoms with Crippen LogP contribution in [0.5, 0.6) is 0 Å². The summed E-state index contributed by atoms with van der Waals surface area (Å²) in [6.07, 6.45) is 3.47. The largest absolute Gasteiger partial charge is 0.338 e. The summed E-state index contributed by atoms with van der Waals surface area (Å²) in [5.41, 5.74) is 1.08. The van der Waals surface area contributed by atoms with Gasteiger partial charge in [-0.2, -0.15) is 5.26 Å². The highest BCUT2D eigenvalue weighted by molar-refractivity contribution is 5.95. The minimum atomic E-state index is -0.0167. The van der Waals surface area contributed by atoms with Crippen molar-refractivity contribution in [2.75, 3.05) is 13.1 Å². The molecule has 1 saturated heterocycles. The number of likely N-dealkylation sites (tertiary alicyclic amines) is 1. The Morgan fingerprint density at radius 3 is 3.00 bits per heavy atom. The van der Waals surface area contributed by atoms with Crippen LogP contribution in [0, 0.1) is 17.2 Å². The molecule has 0 atom stereocenters. The Balaban J connectivity index is 1.59. The van der Waals surface area contributed by atoms with Crippen LogP contribution in [0.25, 0.3) is 0 Å². The second-order valence-electron chi connectivity index (χ2n) is 4.89. The molecule has 0 saturated carbocycles. The molecule has 1 fully saturated rings. The minimum absolute atomic E-state index is 0.0167. The van der Waals surface area contributed by atoms with Crippen molar-refractivity contribution in [3.05, 3.63) is 47.8 Å². The summed E-state index contributed by atoms with van der Waals surface area (Å²) >= 11 is 0. The van der Waals surface area contributed by atoms with Gasteiger partial charge in [0, 0.05) is 37.3 Å². The summed E-state index contributed by atoms with van der Waals surface area (Å²) in [5.74, 6) is 0.400. The number of hydrogen-bond donors (Lipinski definition) is 0. The summed E-state index contributed by atoms with van der Waals surface area (Å²) in [6.45, 7) is 2.22. The first kappa shape index (κ1) is 12.4. The molecule has 20 heavy (non-hydrogen) atoms. The summed E-state index contributed by atoms with van der Waals surface area (Å²) in [5, 5.41) is 16.5. The van der Waals surface area contributed by atoms with E-state index in [0.717, 1.165) is 19.6 Å². The van der Waals surface area contributed by atoms with Crippen LogP contribution < -0.4 is 0 Å². The molecular formula is C14H13N5O. The van der Waals surface area contributed by atoms with Gasteiger partial charge in [-0.3, -0.25) is 9.48 Å². The Labute approximate surface area is 116 Å². The molecular weight excluding hydrogens is 254 g/mol. The van der Waals surface area contributed by atoms with E-state index in [-0.39, 0.29) is 5.91 Å². The van der Waals surface area contributed by atoms with Gasteiger partial charge in [-0.15, -0.1) is 5.10 Å². The van der Waals surface area contributed by atoms with Gasteiger partial charge in [0.25, 0.3) is 5.91 Å². The maximum Gasteiger partial charge on any atom is 0.253 e. The van der Waals surface area contributed by atoms with Crippen molar-refractivity contribution in [3.63, 3.8) is 0 Å². The molecule has 0 unspecified atom stereocenters.